The summed E-state index contributed by atoms with van der Waals surface area (Å²) in [6, 6.07) is 10.7. The van der Waals surface area contributed by atoms with Gasteiger partial charge in [-0.05, 0) is 36.9 Å². The minimum Gasteiger partial charge on any atom is -0.339 e. The number of likely N-dealkylation sites (N-methyl/N-ethyl adjacent to an activating group) is 1. The quantitative estimate of drug-likeness (QED) is 0.838. The largest absolute Gasteiger partial charge is 0.339 e. The average Bonchev–Trinajstić information content (AvgIpc) is 2.68. The second kappa shape index (κ2) is 8.59. The average molecular weight is 368 g/mol. The standard InChI is InChI=1S/C19H24N6O2/c1-3-24-9-11-25(12-10-24)19(27)17-7-8-18(23-22-17)21-16-6-4-5-15(13-16)20-14(2)26/h4-8,13H,3,9-12H2,1-2H3,(H,20,26)(H,21,23). The number of piperazine rings is 1. The molecule has 2 heterocycles. The molecule has 0 aliphatic carbocycles. The summed E-state index contributed by atoms with van der Waals surface area (Å²) in [7, 11) is 0. The maximum atomic E-state index is 12.6. The Labute approximate surface area is 158 Å². The van der Waals surface area contributed by atoms with E-state index in [1.807, 2.05) is 17.0 Å². The first kappa shape index (κ1) is 18.8. The van der Waals surface area contributed by atoms with Crippen molar-refractivity contribution >= 4 is 29.0 Å². The molecule has 3 rings (SSSR count). The molecule has 0 unspecified atom stereocenters. The molecule has 1 fully saturated rings. The molecule has 1 aliphatic heterocycles. The van der Waals surface area contributed by atoms with E-state index in [9.17, 15) is 9.59 Å². The highest BCUT2D eigenvalue weighted by atomic mass is 16.2. The molecule has 0 saturated carbocycles. The summed E-state index contributed by atoms with van der Waals surface area (Å²) in [5.74, 6) is 0.314. The summed E-state index contributed by atoms with van der Waals surface area (Å²) >= 11 is 0. The van der Waals surface area contributed by atoms with Crippen LogP contribution in [0.5, 0.6) is 0 Å². The van der Waals surface area contributed by atoms with E-state index in [0.29, 0.717) is 30.3 Å². The first-order valence-electron chi connectivity index (χ1n) is 9.05. The van der Waals surface area contributed by atoms with Crippen molar-refractivity contribution in [2.45, 2.75) is 13.8 Å². The summed E-state index contributed by atoms with van der Waals surface area (Å²) in [6.07, 6.45) is 0. The van der Waals surface area contributed by atoms with Gasteiger partial charge in [-0.3, -0.25) is 9.59 Å². The Morgan fingerprint density at radius 2 is 1.78 bits per heavy atom. The Morgan fingerprint density at radius 1 is 1.04 bits per heavy atom. The second-order valence-corrected chi connectivity index (χ2v) is 6.42. The number of carbonyl (C=O) groups excluding carboxylic acids is 2. The van der Waals surface area contributed by atoms with Crippen LogP contribution < -0.4 is 10.6 Å². The van der Waals surface area contributed by atoms with Crippen LogP contribution in [0, 0.1) is 0 Å². The molecule has 0 atom stereocenters. The number of benzene rings is 1. The number of hydrogen-bond acceptors (Lipinski definition) is 6. The normalized spacial score (nSPS) is 14.7. The summed E-state index contributed by atoms with van der Waals surface area (Å²) in [4.78, 5) is 27.8. The predicted octanol–water partition coefficient (Wildman–Crippen LogP) is 1.96. The van der Waals surface area contributed by atoms with E-state index < -0.39 is 0 Å². The van der Waals surface area contributed by atoms with Gasteiger partial charge in [0, 0.05) is 44.5 Å². The molecule has 2 N–H and O–H groups in total. The van der Waals surface area contributed by atoms with Crippen LogP contribution in [-0.2, 0) is 4.79 Å². The third-order valence-electron chi connectivity index (χ3n) is 4.45. The Kier molecular flexibility index (Phi) is 5.97. The Hall–Kier alpha value is -3.00. The summed E-state index contributed by atoms with van der Waals surface area (Å²) < 4.78 is 0. The van der Waals surface area contributed by atoms with Gasteiger partial charge in [-0.15, -0.1) is 10.2 Å². The fraction of sp³-hybridized carbons (Fsp3) is 0.368. The van der Waals surface area contributed by atoms with Gasteiger partial charge in [-0.25, -0.2) is 0 Å². The lowest BCUT2D eigenvalue weighted by molar-refractivity contribution is -0.114. The zero-order valence-corrected chi connectivity index (χ0v) is 15.6. The van der Waals surface area contributed by atoms with E-state index in [0.717, 1.165) is 25.3 Å². The minimum atomic E-state index is -0.130. The predicted molar refractivity (Wildman–Crippen MR) is 104 cm³/mol. The van der Waals surface area contributed by atoms with Crippen molar-refractivity contribution in [1.29, 1.82) is 0 Å². The molecule has 1 saturated heterocycles. The molecule has 0 radical (unpaired) electrons. The van der Waals surface area contributed by atoms with E-state index in [2.05, 4.69) is 32.7 Å². The van der Waals surface area contributed by atoms with Gasteiger partial charge in [0.15, 0.2) is 11.5 Å². The van der Waals surface area contributed by atoms with Crippen LogP contribution in [0.4, 0.5) is 17.2 Å². The van der Waals surface area contributed by atoms with Gasteiger partial charge in [-0.1, -0.05) is 13.0 Å². The molecule has 1 aliphatic rings. The summed E-state index contributed by atoms with van der Waals surface area (Å²) in [5.41, 5.74) is 1.81. The molecule has 2 amide bonds. The minimum absolute atomic E-state index is 0.0857. The van der Waals surface area contributed by atoms with Crippen LogP contribution in [0.25, 0.3) is 0 Å². The van der Waals surface area contributed by atoms with Crippen LogP contribution in [0.1, 0.15) is 24.3 Å². The molecular formula is C19H24N6O2. The van der Waals surface area contributed by atoms with E-state index in [1.165, 1.54) is 6.92 Å². The number of anilines is 3. The van der Waals surface area contributed by atoms with Crippen LogP contribution in [-0.4, -0.2) is 64.5 Å². The maximum Gasteiger partial charge on any atom is 0.274 e. The highest BCUT2D eigenvalue weighted by molar-refractivity contribution is 5.92. The first-order chi connectivity index (χ1) is 13.0. The molecule has 8 nitrogen and oxygen atoms in total. The molecular weight excluding hydrogens is 344 g/mol. The van der Waals surface area contributed by atoms with Crippen molar-refractivity contribution in [1.82, 2.24) is 20.0 Å². The zero-order chi connectivity index (χ0) is 19.2. The lowest BCUT2D eigenvalue weighted by Crippen LogP contribution is -2.48. The number of rotatable bonds is 5. The monoisotopic (exact) mass is 368 g/mol. The van der Waals surface area contributed by atoms with Crippen LogP contribution in [0.3, 0.4) is 0 Å². The van der Waals surface area contributed by atoms with Gasteiger partial charge in [0.25, 0.3) is 5.91 Å². The third-order valence-corrected chi connectivity index (χ3v) is 4.45. The fourth-order valence-corrected chi connectivity index (χ4v) is 2.97. The second-order valence-electron chi connectivity index (χ2n) is 6.42. The van der Waals surface area contributed by atoms with E-state index in [1.54, 1.807) is 24.3 Å². The van der Waals surface area contributed by atoms with Crippen molar-refractivity contribution < 1.29 is 9.59 Å². The number of aromatic nitrogens is 2. The van der Waals surface area contributed by atoms with Gasteiger partial charge < -0.3 is 20.4 Å². The summed E-state index contributed by atoms with van der Waals surface area (Å²) in [6.45, 7) is 7.80. The number of carbonyl (C=O) groups is 2. The van der Waals surface area contributed by atoms with Gasteiger partial charge in [0.2, 0.25) is 5.91 Å². The molecule has 8 heteroatoms. The van der Waals surface area contributed by atoms with Crippen LogP contribution >= 0.6 is 0 Å². The van der Waals surface area contributed by atoms with Crippen molar-refractivity contribution in [3.05, 3.63) is 42.1 Å². The molecule has 2 aromatic rings. The highest BCUT2D eigenvalue weighted by Crippen LogP contribution is 2.19. The molecule has 27 heavy (non-hydrogen) atoms. The zero-order valence-electron chi connectivity index (χ0n) is 15.6. The fourth-order valence-electron chi connectivity index (χ4n) is 2.97. The van der Waals surface area contributed by atoms with E-state index in [-0.39, 0.29) is 11.8 Å². The number of amides is 2. The maximum absolute atomic E-state index is 12.6. The van der Waals surface area contributed by atoms with E-state index in [4.69, 9.17) is 0 Å². The summed E-state index contributed by atoms with van der Waals surface area (Å²) in [5, 5.41) is 14.0. The smallest absolute Gasteiger partial charge is 0.274 e. The van der Waals surface area contributed by atoms with Crippen LogP contribution in [0.15, 0.2) is 36.4 Å². The van der Waals surface area contributed by atoms with Gasteiger partial charge in [0.1, 0.15) is 0 Å². The van der Waals surface area contributed by atoms with Crippen molar-refractivity contribution in [2.24, 2.45) is 0 Å². The number of hydrogen-bond donors (Lipinski definition) is 2. The van der Waals surface area contributed by atoms with Gasteiger partial charge in [0.05, 0.1) is 0 Å². The molecule has 0 spiro atoms. The number of nitrogens with one attached hydrogen (secondary N) is 2. The third kappa shape index (κ3) is 5.01. The first-order valence-corrected chi connectivity index (χ1v) is 9.05. The lowest BCUT2D eigenvalue weighted by Gasteiger charge is -2.33. The van der Waals surface area contributed by atoms with Gasteiger partial charge >= 0.3 is 0 Å². The van der Waals surface area contributed by atoms with Crippen LogP contribution in [0.2, 0.25) is 0 Å². The molecule has 1 aromatic carbocycles. The lowest BCUT2D eigenvalue weighted by atomic mass is 10.2. The number of nitrogens with zero attached hydrogens (tertiary/aromatic N) is 4. The molecule has 1 aromatic heterocycles. The molecule has 0 bridgehead atoms. The van der Waals surface area contributed by atoms with E-state index >= 15 is 0 Å². The Balaban J connectivity index is 1.62. The SMILES string of the molecule is CCN1CCN(C(=O)c2ccc(Nc3cccc(NC(C)=O)c3)nn2)CC1. The van der Waals surface area contributed by atoms with Gasteiger partial charge in [-0.2, -0.15) is 0 Å². The Bertz CT molecular complexity index is 800. The van der Waals surface area contributed by atoms with Crippen molar-refractivity contribution in [2.75, 3.05) is 43.4 Å². The van der Waals surface area contributed by atoms with Crippen molar-refractivity contribution in [3.8, 4) is 0 Å². The molecule has 142 valence electrons. The Morgan fingerprint density at radius 3 is 2.41 bits per heavy atom. The topological polar surface area (TPSA) is 90.5 Å². The van der Waals surface area contributed by atoms with Crippen molar-refractivity contribution in [3.63, 3.8) is 0 Å². The highest BCUT2D eigenvalue weighted by Gasteiger charge is 2.22.